The lowest BCUT2D eigenvalue weighted by molar-refractivity contribution is 0.198. The molecule has 6 nitrogen and oxygen atoms in total. The van der Waals surface area contributed by atoms with Gasteiger partial charge in [-0.1, -0.05) is 37.1 Å². The monoisotopic (exact) mass is 401 g/mol. The fourth-order valence-electron chi connectivity index (χ4n) is 2.99. The molecule has 0 spiro atoms. The number of allylic oxidation sites excluding steroid dienone is 5. The highest BCUT2D eigenvalue weighted by Gasteiger charge is 2.26. The van der Waals surface area contributed by atoms with E-state index in [-0.39, 0.29) is 12.6 Å². The molecule has 0 unspecified atom stereocenters. The van der Waals surface area contributed by atoms with Gasteiger partial charge in [-0.05, 0) is 31.3 Å². The molecule has 2 aliphatic carbocycles. The molecule has 7 heteroatoms. The first kappa shape index (κ1) is 22.7. The predicted octanol–water partition coefficient (Wildman–Crippen LogP) is 4.04. The van der Waals surface area contributed by atoms with Crippen LogP contribution in [0, 0.1) is 11.8 Å². The summed E-state index contributed by atoms with van der Waals surface area (Å²) in [4.78, 5) is 12.4. The van der Waals surface area contributed by atoms with Crippen LogP contribution in [0.3, 0.4) is 0 Å². The van der Waals surface area contributed by atoms with Gasteiger partial charge in [-0.25, -0.2) is 9.38 Å². The van der Waals surface area contributed by atoms with Crippen molar-refractivity contribution in [2.45, 2.75) is 45.2 Å². The van der Waals surface area contributed by atoms with Crippen LogP contribution in [0.4, 0.5) is 4.39 Å². The van der Waals surface area contributed by atoms with E-state index in [1.54, 1.807) is 37.8 Å². The fourth-order valence-corrected chi connectivity index (χ4v) is 2.99. The molecular formula is C22H32FN5O. The summed E-state index contributed by atoms with van der Waals surface area (Å²) in [5.74, 6) is -0.0932. The van der Waals surface area contributed by atoms with Gasteiger partial charge in [-0.15, -0.1) is 0 Å². The quantitative estimate of drug-likeness (QED) is 0.428. The Morgan fingerprint density at radius 1 is 1.41 bits per heavy atom. The molecular weight excluding hydrogens is 369 g/mol. The van der Waals surface area contributed by atoms with Gasteiger partial charge >= 0.3 is 0 Å². The molecule has 1 fully saturated rings. The zero-order valence-electron chi connectivity index (χ0n) is 17.3. The summed E-state index contributed by atoms with van der Waals surface area (Å²) in [6.07, 6.45) is 18.2. The number of hydrogen-bond acceptors (Lipinski definition) is 5. The minimum Gasteiger partial charge on any atom is -0.473 e. The van der Waals surface area contributed by atoms with Crippen LogP contribution < -0.4 is 11.1 Å². The maximum absolute atomic E-state index is 15.2. The predicted molar refractivity (Wildman–Crippen MR) is 119 cm³/mol. The van der Waals surface area contributed by atoms with Gasteiger partial charge in [0.2, 0.25) is 0 Å². The lowest BCUT2D eigenvalue weighted by atomic mass is 9.77. The van der Waals surface area contributed by atoms with Crippen LogP contribution in [0.1, 0.15) is 39.0 Å². The Hall–Kier alpha value is -2.54. The van der Waals surface area contributed by atoms with Gasteiger partial charge in [0, 0.05) is 32.1 Å². The molecule has 2 atom stereocenters. The molecule has 3 N–H and O–H groups in total. The molecule has 0 aliphatic heterocycles. The smallest absolute Gasteiger partial charge is 0.180 e. The van der Waals surface area contributed by atoms with E-state index in [4.69, 9.17) is 10.5 Å². The molecule has 2 aliphatic rings. The van der Waals surface area contributed by atoms with Gasteiger partial charge in [0.05, 0.1) is 12.3 Å². The summed E-state index contributed by atoms with van der Waals surface area (Å²) in [6.45, 7) is 2.06. The lowest BCUT2D eigenvalue weighted by Gasteiger charge is -2.29. The Morgan fingerprint density at radius 3 is 2.93 bits per heavy atom. The largest absolute Gasteiger partial charge is 0.473 e. The summed E-state index contributed by atoms with van der Waals surface area (Å²) < 4.78 is 20.9. The molecule has 2 rings (SSSR count). The maximum atomic E-state index is 15.2. The molecule has 0 saturated heterocycles. The van der Waals surface area contributed by atoms with Crippen LogP contribution in [-0.2, 0) is 4.74 Å². The molecule has 0 amide bonds. The van der Waals surface area contributed by atoms with Crippen LogP contribution >= 0.6 is 0 Å². The van der Waals surface area contributed by atoms with Crippen LogP contribution in [-0.4, -0.2) is 38.7 Å². The fraction of sp³-hybridized carbons (Fsp3) is 0.500. The lowest BCUT2D eigenvalue weighted by Crippen LogP contribution is -2.17. The number of nitrogens with one attached hydrogen (secondary N) is 1. The normalized spacial score (nSPS) is 26.6. The first-order valence-electron chi connectivity index (χ1n) is 10.2. The standard InChI is InChI=1S/C22H32FN5O/c1-3-11-28-21(24)10-12-26-14-19-9-5-8-18(17-6-4-7-17)13-20(22(19)23)29-16-27-15-25-2/h5,8-12,14-15,17,19,21H,3-4,6-7,13,16,24H2,1-2H3,(H,25,27)/b9-5?,12-10?,18-8+,22-20-,26-14+,28-11-/t19-,21-/m1/s1. The van der Waals surface area contributed by atoms with Gasteiger partial charge in [0.1, 0.15) is 11.9 Å². The van der Waals surface area contributed by atoms with Crippen molar-refractivity contribution in [2.24, 2.45) is 32.5 Å². The number of ether oxygens (including phenoxy) is 1. The van der Waals surface area contributed by atoms with E-state index in [0.717, 1.165) is 19.3 Å². The van der Waals surface area contributed by atoms with Gasteiger partial charge in [0.15, 0.2) is 12.6 Å². The van der Waals surface area contributed by atoms with E-state index in [2.05, 4.69) is 26.4 Å². The topological polar surface area (TPSA) is 84.4 Å². The molecule has 0 aromatic heterocycles. The van der Waals surface area contributed by atoms with Crippen molar-refractivity contribution in [3.8, 4) is 0 Å². The Morgan fingerprint density at radius 2 is 2.24 bits per heavy atom. The Kier molecular flexibility index (Phi) is 10.1. The van der Waals surface area contributed by atoms with Gasteiger partial charge in [-0.2, -0.15) is 0 Å². The molecule has 0 aromatic carbocycles. The third kappa shape index (κ3) is 7.77. The molecule has 29 heavy (non-hydrogen) atoms. The third-order valence-electron chi connectivity index (χ3n) is 4.79. The van der Waals surface area contributed by atoms with E-state index in [1.807, 2.05) is 13.0 Å². The second-order valence-corrected chi connectivity index (χ2v) is 6.97. The molecule has 0 bridgehead atoms. The molecule has 1 saturated carbocycles. The van der Waals surface area contributed by atoms with Crippen LogP contribution in [0.2, 0.25) is 0 Å². The Bertz CT molecular complexity index is 717. The SMILES string of the molecule is CC/C=N\[C@@H](N)C=C/N=C/[C@H]1C=C/C=C(/C2CCC2)C/C(OC/N=C/NC)=C\1F. The van der Waals surface area contributed by atoms with Crippen molar-refractivity contribution in [1.82, 2.24) is 5.32 Å². The van der Waals surface area contributed by atoms with Crippen molar-refractivity contribution in [1.29, 1.82) is 0 Å². The second-order valence-electron chi connectivity index (χ2n) is 6.97. The average Bonchev–Trinajstić information content (AvgIpc) is 2.67. The third-order valence-corrected chi connectivity index (χ3v) is 4.79. The van der Waals surface area contributed by atoms with Crippen molar-refractivity contribution < 1.29 is 9.13 Å². The highest BCUT2D eigenvalue weighted by Crippen LogP contribution is 2.38. The number of aliphatic imine (C=N–C) groups is 3. The highest BCUT2D eigenvalue weighted by atomic mass is 19.1. The van der Waals surface area contributed by atoms with E-state index < -0.39 is 12.1 Å². The summed E-state index contributed by atoms with van der Waals surface area (Å²) in [5.41, 5.74) is 7.03. The van der Waals surface area contributed by atoms with Crippen molar-refractivity contribution >= 4 is 18.8 Å². The minimum absolute atomic E-state index is 0.0688. The van der Waals surface area contributed by atoms with Crippen LogP contribution in [0.25, 0.3) is 0 Å². The molecule has 0 radical (unpaired) electrons. The van der Waals surface area contributed by atoms with Crippen LogP contribution in [0.15, 0.2) is 62.6 Å². The summed E-state index contributed by atoms with van der Waals surface area (Å²) in [5, 5.41) is 2.80. The highest BCUT2D eigenvalue weighted by molar-refractivity contribution is 5.68. The van der Waals surface area contributed by atoms with E-state index in [0.29, 0.717) is 18.1 Å². The maximum Gasteiger partial charge on any atom is 0.180 e. The first-order valence-corrected chi connectivity index (χ1v) is 10.2. The molecule has 0 heterocycles. The number of nitrogens with two attached hydrogens (primary N) is 1. The molecule has 158 valence electrons. The first-order chi connectivity index (χ1) is 14.2. The summed E-state index contributed by atoms with van der Waals surface area (Å²) >= 11 is 0. The van der Waals surface area contributed by atoms with Gasteiger partial charge in [0.25, 0.3) is 0 Å². The van der Waals surface area contributed by atoms with E-state index in [9.17, 15) is 0 Å². The zero-order valence-corrected chi connectivity index (χ0v) is 17.3. The Labute approximate surface area is 172 Å². The van der Waals surface area contributed by atoms with Gasteiger partial charge in [-0.3, -0.25) is 9.98 Å². The summed E-state index contributed by atoms with van der Waals surface area (Å²) in [6, 6.07) is 0. The van der Waals surface area contributed by atoms with Crippen LogP contribution in [0.5, 0.6) is 0 Å². The van der Waals surface area contributed by atoms with Crippen molar-refractivity contribution in [3.63, 3.8) is 0 Å². The van der Waals surface area contributed by atoms with Gasteiger partial charge < -0.3 is 15.8 Å². The van der Waals surface area contributed by atoms with E-state index >= 15 is 4.39 Å². The number of rotatable bonds is 10. The Balaban J connectivity index is 2.13. The molecule has 0 aromatic rings. The number of nitrogens with zero attached hydrogens (tertiary/aromatic N) is 3. The zero-order chi connectivity index (χ0) is 20.9. The number of halogens is 1. The second kappa shape index (κ2) is 12.8. The van der Waals surface area contributed by atoms with E-state index in [1.165, 1.54) is 18.3 Å². The number of hydrogen-bond donors (Lipinski definition) is 2. The summed E-state index contributed by atoms with van der Waals surface area (Å²) in [7, 11) is 1.75. The average molecular weight is 402 g/mol. The minimum atomic E-state index is -0.600. The van der Waals surface area contributed by atoms with Crippen molar-refractivity contribution in [2.75, 3.05) is 13.8 Å². The van der Waals surface area contributed by atoms with Crippen molar-refractivity contribution in [3.05, 3.63) is 47.7 Å².